The molecule has 0 saturated heterocycles. The molecule has 5 heteroatoms. The molecule has 0 unspecified atom stereocenters. The van der Waals surface area contributed by atoms with Crippen LogP contribution in [0.3, 0.4) is 0 Å². The lowest BCUT2D eigenvalue weighted by molar-refractivity contribution is 0.464. The van der Waals surface area contributed by atoms with Crippen molar-refractivity contribution >= 4 is 11.0 Å². The van der Waals surface area contributed by atoms with Gasteiger partial charge in [-0.05, 0) is 60.7 Å². The highest BCUT2D eigenvalue weighted by molar-refractivity contribution is 5.86. The summed E-state index contributed by atoms with van der Waals surface area (Å²) in [6, 6.07) is 28.2. The summed E-state index contributed by atoms with van der Waals surface area (Å²) >= 11 is 0. The first-order valence-corrected chi connectivity index (χ1v) is 9.76. The molecule has 0 aliphatic carbocycles. The molecule has 0 bridgehead atoms. The van der Waals surface area contributed by atoms with Gasteiger partial charge in [-0.1, -0.05) is 30.3 Å². The predicted molar refractivity (Wildman–Crippen MR) is 119 cm³/mol. The number of aromatic hydroxyl groups is 1. The van der Waals surface area contributed by atoms with Gasteiger partial charge in [-0.15, -0.1) is 0 Å². The van der Waals surface area contributed by atoms with Crippen LogP contribution in [0.25, 0.3) is 33.5 Å². The molecule has 4 nitrogen and oxygen atoms in total. The van der Waals surface area contributed by atoms with E-state index in [1.807, 2.05) is 54.6 Å². The van der Waals surface area contributed by atoms with Gasteiger partial charge in [0.15, 0.2) is 0 Å². The average Bonchev–Trinajstić information content (AvgIpc) is 2.81. The second kappa shape index (κ2) is 7.88. The van der Waals surface area contributed by atoms with Gasteiger partial charge in [-0.25, -0.2) is 14.4 Å². The van der Waals surface area contributed by atoms with Crippen molar-refractivity contribution in [1.82, 2.24) is 9.97 Å². The molecule has 0 saturated carbocycles. The topological polar surface area (TPSA) is 55.2 Å². The maximum Gasteiger partial charge on any atom is 0.127 e. The molecule has 0 amide bonds. The standard InChI is InChI=1S/C26H17FN2O2/c27-19-8-15-23-24(16-19)29-26(25(28-23)17-4-2-1-3-5-17)18-6-11-21(12-7-18)31-22-13-9-20(30)10-14-22/h1-16,30H. The Kier molecular flexibility index (Phi) is 4.77. The largest absolute Gasteiger partial charge is 0.508 e. The first kappa shape index (κ1) is 18.8. The Morgan fingerprint density at radius 1 is 0.613 bits per heavy atom. The lowest BCUT2D eigenvalue weighted by Gasteiger charge is -2.12. The number of aromatic nitrogens is 2. The Hall–Kier alpha value is -4.25. The second-order valence-electron chi connectivity index (χ2n) is 7.04. The number of rotatable bonds is 4. The van der Waals surface area contributed by atoms with E-state index in [1.54, 1.807) is 30.3 Å². The van der Waals surface area contributed by atoms with Crippen LogP contribution >= 0.6 is 0 Å². The number of hydrogen-bond donors (Lipinski definition) is 1. The lowest BCUT2D eigenvalue weighted by atomic mass is 10.0. The van der Waals surface area contributed by atoms with Gasteiger partial charge in [-0.2, -0.15) is 0 Å². The molecular formula is C26H17FN2O2. The summed E-state index contributed by atoms with van der Waals surface area (Å²) in [7, 11) is 0. The maximum absolute atomic E-state index is 13.8. The smallest absolute Gasteiger partial charge is 0.127 e. The van der Waals surface area contributed by atoms with E-state index in [-0.39, 0.29) is 11.6 Å². The van der Waals surface area contributed by atoms with E-state index in [0.29, 0.717) is 28.2 Å². The third kappa shape index (κ3) is 3.94. The van der Waals surface area contributed by atoms with E-state index >= 15 is 0 Å². The Bertz CT molecular complexity index is 1350. The molecule has 1 heterocycles. The summed E-state index contributed by atoms with van der Waals surface area (Å²) in [6.07, 6.45) is 0. The number of ether oxygens (including phenoxy) is 1. The summed E-state index contributed by atoms with van der Waals surface area (Å²) in [5, 5.41) is 9.41. The van der Waals surface area contributed by atoms with Crippen molar-refractivity contribution in [3.63, 3.8) is 0 Å². The van der Waals surface area contributed by atoms with E-state index < -0.39 is 0 Å². The van der Waals surface area contributed by atoms with Crippen molar-refractivity contribution < 1.29 is 14.2 Å². The number of halogens is 1. The SMILES string of the molecule is Oc1ccc(Oc2ccc(-c3nc4cc(F)ccc4nc3-c3ccccc3)cc2)cc1. The first-order valence-electron chi connectivity index (χ1n) is 9.76. The molecule has 1 aromatic heterocycles. The zero-order valence-corrected chi connectivity index (χ0v) is 16.4. The maximum atomic E-state index is 13.8. The molecule has 0 aliphatic rings. The molecule has 0 radical (unpaired) electrons. The number of phenols is 1. The zero-order chi connectivity index (χ0) is 21.2. The normalized spacial score (nSPS) is 10.9. The number of benzene rings is 4. The molecule has 1 N–H and O–H groups in total. The minimum Gasteiger partial charge on any atom is -0.508 e. The van der Waals surface area contributed by atoms with Crippen LogP contribution < -0.4 is 4.74 Å². The number of nitrogens with zero attached hydrogens (tertiary/aromatic N) is 2. The highest BCUT2D eigenvalue weighted by atomic mass is 19.1. The summed E-state index contributed by atoms with van der Waals surface area (Å²) < 4.78 is 19.6. The third-order valence-electron chi connectivity index (χ3n) is 4.87. The molecule has 5 rings (SSSR count). The second-order valence-corrected chi connectivity index (χ2v) is 7.04. The van der Waals surface area contributed by atoms with Gasteiger partial charge in [0, 0.05) is 17.2 Å². The van der Waals surface area contributed by atoms with Crippen LogP contribution in [-0.4, -0.2) is 15.1 Å². The molecule has 150 valence electrons. The third-order valence-corrected chi connectivity index (χ3v) is 4.87. The van der Waals surface area contributed by atoms with E-state index in [9.17, 15) is 9.50 Å². The quantitative estimate of drug-likeness (QED) is 0.364. The molecule has 0 aliphatic heterocycles. The number of phenolic OH excluding ortho intramolecular Hbond substituents is 1. The molecule has 5 aromatic rings. The van der Waals surface area contributed by atoms with E-state index in [2.05, 4.69) is 0 Å². The van der Waals surface area contributed by atoms with Crippen LogP contribution in [0.2, 0.25) is 0 Å². The Morgan fingerprint density at radius 3 is 1.87 bits per heavy atom. The minimum atomic E-state index is -0.349. The highest BCUT2D eigenvalue weighted by Crippen LogP contribution is 2.33. The lowest BCUT2D eigenvalue weighted by Crippen LogP contribution is -1.96. The molecule has 0 fully saturated rings. The summed E-state index contributed by atoms with van der Waals surface area (Å²) in [6.45, 7) is 0. The van der Waals surface area contributed by atoms with Crippen molar-refractivity contribution in [2.45, 2.75) is 0 Å². The molecule has 0 spiro atoms. The summed E-state index contributed by atoms with van der Waals surface area (Å²) in [5.41, 5.74) is 4.30. The summed E-state index contributed by atoms with van der Waals surface area (Å²) in [4.78, 5) is 9.51. The predicted octanol–water partition coefficient (Wildman–Crippen LogP) is 6.60. The van der Waals surface area contributed by atoms with Crippen LogP contribution in [0.4, 0.5) is 4.39 Å². The van der Waals surface area contributed by atoms with Crippen LogP contribution in [-0.2, 0) is 0 Å². The van der Waals surface area contributed by atoms with Gasteiger partial charge >= 0.3 is 0 Å². The summed E-state index contributed by atoms with van der Waals surface area (Å²) in [5.74, 6) is 1.10. The van der Waals surface area contributed by atoms with Gasteiger partial charge < -0.3 is 9.84 Å². The zero-order valence-electron chi connectivity index (χ0n) is 16.4. The average molecular weight is 408 g/mol. The van der Waals surface area contributed by atoms with Crippen LogP contribution in [0.1, 0.15) is 0 Å². The molecule has 31 heavy (non-hydrogen) atoms. The van der Waals surface area contributed by atoms with Gasteiger partial charge in [0.25, 0.3) is 0 Å². The van der Waals surface area contributed by atoms with E-state index in [4.69, 9.17) is 14.7 Å². The molecule has 0 atom stereocenters. The molecule has 4 aromatic carbocycles. The van der Waals surface area contributed by atoms with E-state index in [0.717, 1.165) is 16.8 Å². The fourth-order valence-corrected chi connectivity index (χ4v) is 3.36. The van der Waals surface area contributed by atoms with Crippen molar-refractivity contribution in [1.29, 1.82) is 0 Å². The number of hydrogen-bond acceptors (Lipinski definition) is 4. The fraction of sp³-hybridized carbons (Fsp3) is 0. The highest BCUT2D eigenvalue weighted by Gasteiger charge is 2.14. The van der Waals surface area contributed by atoms with Gasteiger partial charge in [0.1, 0.15) is 23.1 Å². The Labute approximate surface area is 178 Å². The first-order chi connectivity index (χ1) is 15.2. The van der Waals surface area contributed by atoms with E-state index in [1.165, 1.54) is 12.1 Å². The molecular weight excluding hydrogens is 391 g/mol. The minimum absolute atomic E-state index is 0.183. The van der Waals surface area contributed by atoms with Crippen LogP contribution in [0, 0.1) is 5.82 Å². The van der Waals surface area contributed by atoms with Crippen molar-refractivity contribution in [2.24, 2.45) is 0 Å². The van der Waals surface area contributed by atoms with Crippen molar-refractivity contribution in [3.8, 4) is 39.8 Å². The Morgan fingerprint density at radius 2 is 1.19 bits per heavy atom. The Balaban J connectivity index is 1.57. The van der Waals surface area contributed by atoms with Gasteiger partial charge in [0.2, 0.25) is 0 Å². The van der Waals surface area contributed by atoms with Crippen LogP contribution in [0.15, 0.2) is 97.1 Å². The number of fused-ring (bicyclic) bond motifs is 1. The van der Waals surface area contributed by atoms with Crippen molar-refractivity contribution in [3.05, 3.63) is 103 Å². The van der Waals surface area contributed by atoms with Crippen LogP contribution in [0.5, 0.6) is 17.2 Å². The fourth-order valence-electron chi connectivity index (χ4n) is 3.36. The van der Waals surface area contributed by atoms with Crippen molar-refractivity contribution in [2.75, 3.05) is 0 Å². The van der Waals surface area contributed by atoms with Gasteiger partial charge in [-0.3, -0.25) is 0 Å². The monoisotopic (exact) mass is 408 g/mol. The van der Waals surface area contributed by atoms with Gasteiger partial charge in [0.05, 0.1) is 22.4 Å².